The van der Waals surface area contributed by atoms with Gasteiger partial charge < -0.3 is 9.84 Å². The number of carbonyl (C=O) groups is 1. The lowest BCUT2D eigenvalue weighted by molar-refractivity contribution is -0.143. The minimum atomic E-state index is -0.702. The Labute approximate surface area is 84.8 Å². The fraction of sp³-hybridized carbons (Fsp3) is 0.900. The maximum absolute atomic E-state index is 11.0. The Morgan fingerprint density at radius 2 is 2.36 bits per heavy atom. The average molecular weight is 201 g/mol. The molecule has 1 aliphatic rings. The van der Waals surface area contributed by atoms with E-state index in [1.807, 2.05) is 18.7 Å². The zero-order chi connectivity index (χ0) is 10.6. The van der Waals surface area contributed by atoms with Crippen molar-refractivity contribution in [2.75, 3.05) is 26.3 Å². The van der Waals surface area contributed by atoms with Gasteiger partial charge in [0.1, 0.15) is 6.04 Å². The molecular weight excluding hydrogens is 182 g/mol. The number of nitrogens with zero attached hydrogens (tertiary/aromatic N) is 1. The number of hydrogen-bond donors (Lipinski definition) is 1. The summed E-state index contributed by atoms with van der Waals surface area (Å²) in [5, 5.41) is 9.03. The lowest BCUT2D eigenvalue weighted by atomic mass is 10.0. The Hall–Kier alpha value is -0.610. The number of ether oxygens (including phenoxy) is 1. The second-order valence-electron chi connectivity index (χ2n) is 3.78. The molecule has 4 heteroatoms. The van der Waals surface area contributed by atoms with E-state index in [4.69, 9.17) is 9.84 Å². The van der Waals surface area contributed by atoms with Crippen LogP contribution in [0.15, 0.2) is 0 Å². The molecule has 0 aromatic rings. The molecular formula is C10H19NO3. The second kappa shape index (κ2) is 5.32. The van der Waals surface area contributed by atoms with Crippen molar-refractivity contribution in [3.05, 3.63) is 0 Å². The van der Waals surface area contributed by atoms with Gasteiger partial charge in [-0.05, 0) is 25.8 Å². The Balaban J connectivity index is 2.39. The van der Waals surface area contributed by atoms with Gasteiger partial charge in [0.25, 0.3) is 0 Å². The first-order valence-corrected chi connectivity index (χ1v) is 5.21. The highest BCUT2D eigenvalue weighted by Gasteiger charge is 2.35. The van der Waals surface area contributed by atoms with Gasteiger partial charge in [-0.25, -0.2) is 0 Å². The molecule has 2 unspecified atom stereocenters. The number of rotatable bonds is 5. The Bertz CT molecular complexity index is 196. The van der Waals surface area contributed by atoms with Gasteiger partial charge in [0.05, 0.1) is 6.61 Å². The molecule has 1 saturated heterocycles. The van der Waals surface area contributed by atoms with Crippen LogP contribution >= 0.6 is 0 Å². The monoisotopic (exact) mass is 201 g/mol. The molecule has 1 N–H and O–H groups in total. The molecule has 0 aromatic heterocycles. The molecule has 2 atom stereocenters. The molecule has 0 radical (unpaired) electrons. The molecule has 0 aliphatic carbocycles. The highest BCUT2D eigenvalue weighted by Crippen LogP contribution is 2.23. The summed E-state index contributed by atoms with van der Waals surface area (Å²) in [5.74, 6) is -0.444. The fourth-order valence-corrected chi connectivity index (χ4v) is 2.00. The highest BCUT2D eigenvalue weighted by atomic mass is 16.5. The minimum absolute atomic E-state index is 0.258. The van der Waals surface area contributed by atoms with Crippen molar-refractivity contribution in [2.24, 2.45) is 5.92 Å². The number of likely N-dealkylation sites (tertiary alicyclic amines) is 1. The van der Waals surface area contributed by atoms with Crippen molar-refractivity contribution in [3.63, 3.8) is 0 Å². The Kier molecular flexibility index (Phi) is 4.35. The number of hydrogen-bond acceptors (Lipinski definition) is 3. The summed E-state index contributed by atoms with van der Waals surface area (Å²) in [6, 6.07) is -0.310. The molecule has 1 rings (SSSR count). The predicted octanol–water partition coefficient (Wildman–Crippen LogP) is 0.818. The van der Waals surface area contributed by atoms with Crippen molar-refractivity contribution in [1.82, 2.24) is 4.90 Å². The van der Waals surface area contributed by atoms with E-state index in [2.05, 4.69) is 0 Å². The molecule has 1 heterocycles. The van der Waals surface area contributed by atoms with Gasteiger partial charge in [0.15, 0.2) is 0 Å². The van der Waals surface area contributed by atoms with E-state index in [0.29, 0.717) is 13.2 Å². The maximum Gasteiger partial charge on any atom is 0.321 e. The third kappa shape index (κ3) is 2.69. The first kappa shape index (κ1) is 11.5. The molecule has 0 aromatic carbocycles. The fourth-order valence-electron chi connectivity index (χ4n) is 2.00. The van der Waals surface area contributed by atoms with Crippen LogP contribution in [0.4, 0.5) is 0 Å². The first-order valence-electron chi connectivity index (χ1n) is 5.21. The lowest BCUT2D eigenvalue weighted by Crippen LogP contribution is -2.40. The van der Waals surface area contributed by atoms with Gasteiger partial charge in [-0.3, -0.25) is 9.69 Å². The van der Waals surface area contributed by atoms with E-state index in [-0.39, 0.29) is 12.0 Å². The summed E-state index contributed by atoms with van der Waals surface area (Å²) >= 11 is 0. The molecule has 0 spiro atoms. The standard InChI is InChI=1S/C10H19NO3/c1-3-14-7-6-11-5-4-8(2)9(11)10(12)13/h8-9H,3-7H2,1-2H3,(H,12,13). The number of aliphatic carboxylic acids is 1. The van der Waals surface area contributed by atoms with Gasteiger partial charge >= 0.3 is 5.97 Å². The van der Waals surface area contributed by atoms with Crippen LogP contribution in [0.2, 0.25) is 0 Å². The largest absolute Gasteiger partial charge is 0.480 e. The molecule has 14 heavy (non-hydrogen) atoms. The normalized spacial score (nSPS) is 28.1. The van der Waals surface area contributed by atoms with E-state index >= 15 is 0 Å². The summed E-state index contributed by atoms with van der Waals surface area (Å²) in [4.78, 5) is 13.0. The smallest absolute Gasteiger partial charge is 0.321 e. The van der Waals surface area contributed by atoms with Crippen LogP contribution in [0.1, 0.15) is 20.3 Å². The number of carboxylic acid groups (broad SMARTS) is 1. The molecule has 0 amide bonds. The minimum Gasteiger partial charge on any atom is -0.480 e. The van der Waals surface area contributed by atoms with Gasteiger partial charge in [0.2, 0.25) is 0 Å². The van der Waals surface area contributed by atoms with Gasteiger partial charge in [-0.2, -0.15) is 0 Å². The topological polar surface area (TPSA) is 49.8 Å². The zero-order valence-electron chi connectivity index (χ0n) is 8.90. The van der Waals surface area contributed by atoms with Crippen LogP contribution in [0.5, 0.6) is 0 Å². The Morgan fingerprint density at radius 3 is 2.93 bits per heavy atom. The van der Waals surface area contributed by atoms with Gasteiger partial charge in [-0.1, -0.05) is 6.92 Å². The van der Waals surface area contributed by atoms with Crippen LogP contribution in [0.3, 0.4) is 0 Å². The number of carboxylic acids is 1. The second-order valence-corrected chi connectivity index (χ2v) is 3.78. The highest BCUT2D eigenvalue weighted by molar-refractivity contribution is 5.74. The maximum atomic E-state index is 11.0. The van der Waals surface area contributed by atoms with Crippen molar-refractivity contribution in [3.8, 4) is 0 Å². The quantitative estimate of drug-likeness (QED) is 0.669. The van der Waals surface area contributed by atoms with E-state index in [1.165, 1.54) is 0 Å². The van der Waals surface area contributed by atoms with E-state index in [0.717, 1.165) is 19.5 Å². The third-order valence-electron chi connectivity index (χ3n) is 2.78. The van der Waals surface area contributed by atoms with Crippen LogP contribution in [0, 0.1) is 5.92 Å². The van der Waals surface area contributed by atoms with E-state index < -0.39 is 5.97 Å². The summed E-state index contributed by atoms with van der Waals surface area (Å²) in [7, 11) is 0. The van der Waals surface area contributed by atoms with Crippen molar-refractivity contribution in [1.29, 1.82) is 0 Å². The van der Waals surface area contributed by atoms with Gasteiger partial charge in [-0.15, -0.1) is 0 Å². The molecule has 0 bridgehead atoms. The van der Waals surface area contributed by atoms with Gasteiger partial charge in [0, 0.05) is 13.2 Å². The molecule has 1 aliphatic heterocycles. The molecule has 4 nitrogen and oxygen atoms in total. The van der Waals surface area contributed by atoms with Crippen LogP contribution in [-0.4, -0.2) is 48.3 Å². The third-order valence-corrected chi connectivity index (χ3v) is 2.78. The van der Waals surface area contributed by atoms with Crippen LogP contribution in [0.25, 0.3) is 0 Å². The molecule has 0 saturated carbocycles. The molecule has 82 valence electrons. The van der Waals surface area contributed by atoms with Crippen molar-refractivity contribution >= 4 is 5.97 Å². The zero-order valence-corrected chi connectivity index (χ0v) is 8.90. The Morgan fingerprint density at radius 1 is 1.64 bits per heavy atom. The average Bonchev–Trinajstić information content (AvgIpc) is 2.47. The van der Waals surface area contributed by atoms with E-state index in [9.17, 15) is 4.79 Å². The SMILES string of the molecule is CCOCCN1CCC(C)C1C(=O)O. The summed E-state index contributed by atoms with van der Waals surface area (Å²) in [6.07, 6.45) is 0.975. The summed E-state index contributed by atoms with van der Waals surface area (Å²) in [5.41, 5.74) is 0. The van der Waals surface area contributed by atoms with Crippen molar-refractivity contribution in [2.45, 2.75) is 26.3 Å². The molecule has 1 fully saturated rings. The summed E-state index contributed by atoms with van der Waals surface area (Å²) in [6.45, 7) is 6.88. The predicted molar refractivity (Wildman–Crippen MR) is 53.3 cm³/mol. The van der Waals surface area contributed by atoms with Crippen LogP contribution in [-0.2, 0) is 9.53 Å². The van der Waals surface area contributed by atoms with Crippen LogP contribution < -0.4 is 0 Å². The lowest BCUT2D eigenvalue weighted by Gasteiger charge is -2.22. The van der Waals surface area contributed by atoms with Crippen molar-refractivity contribution < 1.29 is 14.6 Å². The first-order chi connectivity index (χ1) is 6.66. The summed E-state index contributed by atoms with van der Waals surface area (Å²) < 4.78 is 5.22. The van der Waals surface area contributed by atoms with E-state index in [1.54, 1.807) is 0 Å².